The van der Waals surface area contributed by atoms with Gasteiger partial charge in [-0.1, -0.05) is 86.6 Å². The molecule has 4 heteroatoms. The number of aryl methyl sites for hydroxylation is 3. The molecule has 0 saturated carbocycles. The van der Waals surface area contributed by atoms with E-state index in [0.29, 0.717) is 25.4 Å². The van der Waals surface area contributed by atoms with Crippen LogP contribution in [0.15, 0.2) is 72.8 Å². The lowest BCUT2D eigenvalue weighted by Gasteiger charge is -2.32. The summed E-state index contributed by atoms with van der Waals surface area (Å²) in [5, 5.41) is 3.09. The number of hydrogen-bond acceptors (Lipinski definition) is 2. The molecule has 35 heavy (non-hydrogen) atoms. The molecule has 0 radical (unpaired) electrons. The molecule has 3 rings (SSSR count). The number of benzene rings is 3. The average Bonchev–Trinajstić information content (AvgIpc) is 2.83. The zero-order chi connectivity index (χ0) is 25.4. The van der Waals surface area contributed by atoms with Crippen molar-refractivity contribution in [1.29, 1.82) is 0 Å². The molecule has 184 valence electrons. The third kappa shape index (κ3) is 7.54. The van der Waals surface area contributed by atoms with Crippen LogP contribution in [0.5, 0.6) is 0 Å². The van der Waals surface area contributed by atoms with Crippen LogP contribution in [0.25, 0.3) is 0 Å². The Hall–Kier alpha value is -3.40. The predicted molar refractivity (Wildman–Crippen MR) is 143 cm³/mol. The Labute approximate surface area is 210 Å². The van der Waals surface area contributed by atoms with Gasteiger partial charge < -0.3 is 10.2 Å². The first-order chi connectivity index (χ1) is 16.7. The first kappa shape index (κ1) is 26.2. The number of nitrogens with zero attached hydrogens (tertiary/aromatic N) is 1. The minimum absolute atomic E-state index is 0.0443. The van der Waals surface area contributed by atoms with Crippen molar-refractivity contribution in [2.75, 3.05) is 6.54 Å². The molecule has 3 aromatic carbocycles. The quantitative estimate of drug-likeness (QED) is 0.421. The van der Waals surface area contributed by atoms with Gasteiger partial charge in [0.15, 0.2) is 0 Å². The van der Waals surface area contributed by atoms with E-state index < -0.39 is 6.04 Å². The Morgan fingerprint density at radius 3 is 2.14 bits per heavy atom. The van der Waals surface area contributed by atoms with Gasteiger partial charge in [0.1, 0.15) is 6.04 Å². The third-order valence-corrected chi connectivity index (χ3v) is 6.48. The molecule has 0 aromatic heterocycles. The second-order valence-electron chi connectivity index (χ2n) is 9.89. The highest BCUT2D eigenvalue weighted by molar-refractivity contribution is 5.88. The molecule has 0 saturated heterocycles. The minimum atomic E-state index is -0.602. The van der Waals surface area contributed by atoms with Crippen LogP contribution in [-0.2, 0) is 29.0 Å². The van der Waals surface area contributed by atoms with E-state index in [2.05, 4.69) is 45.1 Å². The smallest absolute Gasteiger partial charge is 0.243 e. The van der Waals surface area contributed by atoms with Gasteiger partial charge in [0.2, 0.25) is 11.8 Å². The maximum atomic E-state index is 13.8. The summed E-state index contributed by atoms with van der Waals surface area (Å²) in [6.07, 6.45) is 0.727. The van der Waals surface area contributed by atoms with Crippen molar-refractivity contribution in [2.45, 2.75) is 60.0 Å². The molecule has 0 aliphatic rings. The molecule has 0 aliphatic heterocycles. The summed E-state index contributed by atoms with van der Waals surface area (Å²) < 4.78 is 0. The van der Waals surface area contributed by atoms with E-state index in [9.17, 15) is 9.59 Å². The standard InChI is InChI=1S/C31H38N2O2/c1-22(2)20-32-31(35)29(18-26-12-7-6-8-13-26)33(21-28-14-10-9-11-24(28)4)30(34)19-27-16-15-23(3)25(5)17-27/h6-17,22,29H,18-21H2,1-5H3,(H,32,35)/t29-/m1/s1. The van der Waals surface area contributed by atoms with Crippen LogP contribution >= 0.6 is 0 Å². The summed E-state index contributed by atoms with van der Waals surface area (Å²) in [5.41, 5.74) is 6.53. The second-order valence-corrected chi connectivity index (χ2v) is 9.89. The van der Waals surface area contributed by atoms with Gasteiger partial charge in [0, 0.05) is 19.5 Å². The highest BCUT2D eigenvalue weighted by atomic mass is 16.2. The van der Waals surface area contributed by atoms with Crippen LogP contribution in [-0.4, -0.2) is 29.3 Å². The van der Waals surface area contributed by atoms with Gasteiger partial charge in [0.05, 0.1) is 6.42 Å². The Kier molecular flexibility index (Phi) is 9.25. The summed E-state index contributed by atoms with van der Waals surface area (Å²) in [4.78, 5) is 29.1. The van der Waals surface area contributed by atoms with Crippen LogP contribution in [0.2, 0.25) is 0 Å². The lowest BCUT2D eigenvalue weighted by molar-refractivity contribution is -0.140. The molecule has 1 atom stereocenters. The lowest BCUT2D eigenvalue weighted by Crippen LogP contribution is -2.51. The normalized spacial score (nSPS) is 11.8. The number of rotatable bonds is 10. The summed E-state index contributed by atoms with van der Waals surface area (Å²) in [6, 6.07) is 23.6. The Balaban J connectivity index is 1.98. The minimum Gasteiger partial charge on any atom is -0.354 e. The fraction of sp³-hybridized carbons (Fsp3) is 0.355. The van der Waals surface area contributed by atoms with Crippen LogP contribution in [0.3, 0.4) is 0 Å². The molecule has 0 bridgehead atoms. The molecule has 0 aliphatic carbocycles. The van der Waals surface area contributed by atoms with Crippen molar-refractivity contribution in [1.82, 2.24) is 10.2 Å². The van der Waals surface area contributed by atoms with E-state index >= 15 is 0 Å². The monoisotopic (exact) mass is 470 g/mol. The van der Waals surface area contributed by atoms with E-state index in [1.807, 2.05) is 67.6 Å². The molecular weight excluding hydrogens is 432 g/mol. The van der Waals surface area contributed by atoms with Gasteiger partial charge in [-0.3, -0.25) is 9.59 Å². The lowest BCUT2D eigenvalue weighted by atomic mass is 9.99. The predicted octanol–water partition coefficient (Wildman–Crippen LogP) is 5.57. The molecule has 2 amide bonds. The third-order valence-electron chi connectivity index (χ3n) is 6.48. The van der Waals surface area contributed by atoms with Crippen molar-refractivity contribution in [3.05, 3.63) is 106 Å². The SMILES string of the molecule is Cc1ccc(CC(=O)N(Cc2ccccc2C)[C@H](Cc2ccccc2)C(=O)NCC(C)C)cc1C. The average molecular weight is 471 g/mol. The Morgan fingerprint density at radius 2 is 1.49 bits per heavy atom. The zero-order valence-corrected chi connectivity index (χ0v) is 21.7. The van der Waals surface area contributed by atoms with Crippen molar-refractivity contribution in [2.24, 2.45) is 5.92 Å². The first-order valence-electron chi connectivity index (χ1n) is 12.5. The Bertz CT molecular complexity index is 1140. The first-order valence-corrected chi connectivity index (χ1v) is 12.5. The van der Waals surface area contributed by atoms with Crippen molar-refractivity contribution in [3.63, 3.8) is 0 Å². The van der Waals surface area contributed by atoms with Gasteiger partial charge in [-0.15, -0.1) is 0 Å². The zero-order valence-electron chi connectivity index (χ0n) is 21.7. The maximum absolute atomic E-state index is 13.8. The van der Waals surface area contributed by atoms with Crippen LogP contribution in [0.1, 0.15) is 47.2 Å². The van der Waals surface area contributed by atoms with Gasteiger partial charge in [-0.25, -0.2) is 0 Å². The largest absolute Gasteiger partial charge is 0.354 e. The van der Waals surface area contributed by atoms with E-state index in [1.165, 1.54) is 5.56 Å². The van der Waals surface area contributed by atoms with Crippen LogP contribution in [0.4, 0.5) is 0 Å². The molecular formula is C31H38N2O2. The number of hydrogen-bond donors (Lipinski definition) is 1. The summed E-state index contributed by atoms with van der Waals surface area (Å²) in [5.74, 6) is 0.175. The maximum Gasteiger partial charge on any atom is 0.243 e. The topological polar surface area (TPSA) is 49.4 Å². The number of nitrogens with one attached hydrogen (secondary N) is 1. The molecule has 0 fully saturated rings. The van der Waals surface area contributed by atoms with Crippen molar-refractivity contribution >= 4 is 11.8 Å². The molecule has 0 unspecified atom stereocenters. The molecule has 0 spiro atoms. The van der Waals surface area contributed by atoms with Gasteiger partial charge >= 0.3 is 0 Å². The van der Waals surface area contributed by atoms with Gasteiger partial charge in [-0.2, -0.15) is 0 Å². The fourth-order valence-corrected chi connectivity index (χ4v) is 4.14. The van der Waals surface area contributed by atoms with E-state index in [4.69, 9.17) is 0 Å². The van der Waals surface area contributed by atoms with Crippen molar-refractivity contribution < 1.29 is 9.59 Å². The van der Waals surface area contributed by atoms with Gasteiger partial charge in [0.25, 0.3) is 0 Å². The highest BCUT2D eigenvalue weighted by Gasteiger charge is 2.30. The van der Waals surface area contributed by atoms with E-state index in [1.54, 1.807) is 4.90 Å². The second kappa shape index (κ2) is 12.3. The summed E-state index contributed by atoms with van der Waals surface area (Å²) >= 11 is 0. The molecule has 4 nitrogen and oxygen atoms in total. The molecule has 1 N–H and O–H groups in total. The van der Waals surface area contributed by atoms with Crippen LogP contribution < -0.4 is 5.32 Å². The fourth-order valence-electron chi connectivity index (χ4n) is 4.14. The Morgan fingerprint density at radius 1 is 0.800 bits per heavy atom. The van der Waals surface area contributed by atoms with Crippen LogP contribution in [0, 0.1) is 26.7 Å². The number of carbonyl (C=O) groups excluding carboxylic acids is 2. The van der Waals surface area contributed by atoms with Gasteiger partial charge in [-0.05, 0) is 60.1 Å². The van der Waals surface area contributed by atoms with Crippen molar-refractivity contribution in [3.8, 4) is 0 Å². The molecule has 3 aromatic rings. The highest BCUT2D eigenvalue weighted by Crippen LogP contribution is 2.19. The summed E-state index contributed by atoms with van der Waals surface area (Å²) in [6.45, 7) is 11.3. The molecule has 0 heterocycles. The number of amides is 2. The number of carbonyl (C=O) groups is 2. The van der Waals surface area contributed by atoms with E-state index in [-0.39, 0.29) is 18.2 Å². The van der Waals surface area contributed by atoms with E-state index in [0.717, 1.165) is 27.8 Å². The summed E-state index contributed by atoms with van der Waals surface area (Å²) in [7, 11) is 0.